The quantitative estimate of drug-likeness (QED) is 0.362. The van der Waals surface area contributed by atoms with Gasteiger partial charge in [-0.3, -0.25) is 0 Å². The van der Waals surface area contributed by atoms with E-state index >= 15 is 0 Å². The summed E-state index contributed by atoms with van der Waals surface area (Å²) < 4.78 is 12.0. The first-order valence-corrected chi connectivity index (χ1v) is 10.5. The van der Waals surface area contributed by atoms with Crippen molar-refractivity contribution in [1.82, 2.24) is 5.32 Å². The van der Waals surface area contributed by atoms with Crippen molar-refractivity contribution in [2.45, 2.75) is 65.5 Å². The molecule has 2 aromatic carbocycles. The average molecular weight is 406 g/mol. The van der Waals surface area contributed by atoms with Gasteiger partial charge in [-0.1, -0.05) is 81.5 Å². The third-order valence-electron chi connectivity index (χ3n) is 4.61. The summed E-state index contributed by atoms with van der Waals surface area (Å²) in [6, 6.07) is 16.4. The molecule has 0 fully saturated rings. The van der Waals surface area contributed by atoms with E-state index in [4.69, 9.17) is 9.47 Å². The smallest absolute Gasteiger partial charge is 0.166 e. The number of hydrogen-bond acceptors (Lipinski definition) is 3. The SMILES string of the molecule is CCCCCCCCNCc1cccc(OCC)c1OCc1ccccc1.Cl. The lowest BCUT2D eigenvalue weighted by Gasteiger charge is -2.16. The number of hydrogen-bond donors (Lipinski definition) is 1. The van der Waals surface area contributed by atoms with Crippen molar-refractivity contribution >= 4 is 12.4 Å². The second-order valence-electron chi connectivity index (χ2n) is 6.90. The summed E-state index contributed by atoms with van der Waals surface area (Å²) in [5.74, 6) is 1.69. The van der Waals surface area contributed by atoms with Gasteiger partial charge in [0, 0.05) is 12.1 Å². The van der Waals surface area contributed by atoms with Gasteiger partial charge in [0.1, 0.15) is 6.61 Å². The van der Waals surface area contributed by atoms with Crippen molar-refractivity contribution in [3.63, 3.8) is 0 Å². The number of ether oxygens (including phenoxy) is 2. The van der Waals surface area contributed by atoms with E-state index in [1.165, 1.54) is 38.5 Å². The molecule has 1 N–H and O–H groups in total. The molecule has 0 amide bonds. The van der Waals surface area contributed by atoms with Crippen molar-refractivity contribution in [1.29, 1.82) is 0 Å². The average Bonchev–Trinajstić information content (AvgIpc) is 2.70. The summed E-state index contributed by atoms with van der Waals surface area (Å²) >= 11 is 0. The van der Waals surface area contributed by atoms with Crippen LogP contribution in [0.15, 0.2) is 48.5 Å². The molecule has 0 heterocycles. The first kappa shape index (κ1) is 24.3. The number of nitrogens with one attached hydrogen (secondary N) is 1. The van der Waals surface area contributed by atoms with Crippen LogP contribution in [-0.4, -0.2) is 13.2 Å². The highest BCUT2D eigenvalue weighted by Crippen LogP contribution is 2.32. The van der Waals surface area contributed by atoms with Crippen molar-refractivity contribution in [3.05, 3.63) is 59.7 Å². The Kier molecular flexibility index (Phi) is 13.2. The Labute approximate surface area is 177 Å². The van der Waals surface area contributed by atoms with Gasteiger partial charge < -0.3 is 14.8 Å². The fourth-order valence-electron chi connectivity index (χ4n) is 3.12. The van der Waals surface area contributed by atoms with Gasteiger partial charge in [-0.25, -0.2) is 0 Å². The van der Waals surface area contributed by atoms with Gasteiger partial charge in [0.2, 0.25) is 0 Å². The van der Waals surface area contributed by atoms with Crippen molar-refractivity contribution in [2.75, 3.05) is 13.2 Å². The van der Waals surface area contributed by atoms with Crippen LogP contribution in [0, 0.1) is 0 Å². The van der Waals surface area contributed by atoms with Crippen LogP contribution in [-0.2, 0) is 13.2 Å². The largest absolute Gasteiger partial charge is 0.490 e. The molecule has 4 heteroatoms. The monoisotopic (exact) mass is 405 g/mol. The third-order valence-corrected chi connectivity index (χ3v) is 4.61. The molecule has 0 radical (unpaired) electrons. The first-order valence-electron chi connectivity index (χ1n) is 10.5. The standard InChI is InChI=1S/C24H35NO2.ClH/c1-3-5-6-7-8-12-18-25-19-22-16-13-17-23(26-4-2)24(22)27-20-21-14-10-9-11-15-21;/h9-11,13-17,25H,3-8,12,18-20H2,1-2H3;1H. The van der Waals surface area contributed by atoms with E-state index in [1.54, 1.807) is 0 Å². The second-order valence-corrected chi connectivity index (χ2v) is 6.90. The molecule has 0 aliphatic rings. The highest BCUT2D eigenvalue weighted by Gasteiger charge is 2.11. The number of para-hydroxylation sites is 1. The summed E-state index contributed by atoms with van der Waals surface area (Å²) in [6.45, 7) is 7.30. The predicted molar refractivity (Wildman–Crippen MR) is 121 cm³/mol. The zero-order valence-corrected chi connectivity index (χ0v) is 18.2. The Balaban J connectivity index is 0.00000392. The fraction of sp³-hybridized carbons (Fsp3) is 0.500. The molecule has 0 bridgehead atoms. The minimum atomic E-state index is 0. The second kappa shape index (κ2) is 15.2. The molecule has 0 unspecified atom stereocenters. The molecular formula is C24H36ClNO2. The maximum atomic E-state index is 6.16. The molecule has 156 valence electrons. The molecule has 3 nitrogen and oxygen atoms in total. The van der Waals surface area contributed by atoms with Crippen LogP contribution in [0.4, 0.5) is 0 Å². The van der Waals surface area contributed by atoms with Crippen LogP contribution in [0.2, 0.25) is 0 Å². The molecule has 0 aliphatic carbocycles. The predicted octanol–water partition coefficient (Wildman–Crippen LogP) is 6.54. The highest BCUT2D eigenvalue weighted by atomic mass is 35.5. The lowest BCUT2D eigenvalue weighted by Crippen LogP contribution is -2.16. The zero-order valence-electron chi connectivity index (χ0n) is 17.4. The number of benzene rings is 2. The van der Waals surface area contributed by atoms with Gasteiger partial charge >= 0.3 is 0 Å². The summed E-state index contributed by atoms with van der Waals surface area (Å²) in [4.78, 5) is 0. The Morgan fingerprint density at radius 3 is 2.29 bits per heavy atom. The van der Waals surface area contributed by atoms with Crippen LogP contribution < -0.4 is 14.8 Å². The maximum absolute atomic E-state index is 6.16. The Morgan fingerprint density at radius 2 is 1.54 bits per heavy atom. The van der Waals surface area contributed by atoms with E-state index in [2.05, 4.69) is 30.4 Å². The topological polar surface area (TPSA) is 30.5 Å². The molecule has 0 atom stereocenters. The van der Waals surface area contributed by atoms with Gasteiger partial charge in [-0.2, -0.15) is 0 Å². The van der Waals surface area contributed by atoms with E-state index in [-0.39, 0.29) is 12.4 Å². The summed E-state index contributed by atoms with van der Waals surface area (Å²) in [5, 5.41) is 3.56. The minimum Gasteiger partial charge on any atom is -0.490 e. The molecule has 0 saturated heterocycles. The van der Waals surface area contributed by atoms with Gasteiger partial charge in [0.15, 0.2) is 11.5 Å². The minimum absolute atomic E-state index is 0. The molecule has 0 spiro atoms. The molecule has 2 rings (SSSR count). The third kappa shape index (κ3) is 8.99. The van der Waals surface area contributed by atoms with Crippen LogP contribution in [0.3, 0.4) is 0 Å². The highest BCUT2D eigenvalue weighted by molar-refractivity contribution is 5.85. The Morgan fingerprint density at radius 1 is 0.786 bits per heavy atom. The summed E-state index contributed by atoms with van der Waals surface area (Å²) in [7, 11) is 0. The van der Waals surface area contributed by atoms with E-state index in [0.29, 0.717) is 13.2 Å². The van der Waals surface area contributed by atoms with Crippen LogP contribution >= 0.6 is 12.4 Å². The van der Waals surface area contributed by atoms with Crippen LogP contribution in [0.5, 0.6) is 11.5 Å². The van der Waals surface area contributed by atoms with E-state index in [9.17, 15) is 0 Å². The molecular weight excluding hydrogens is 370 g/mol. The molecule has 28 heavy (non-hydrogen) atoms. The molecule has 0 saturated carbocycles. The van der Waals surface area contributed by atoms with Crippen LogP contribution in [0.25, 0.3) is 0 Å². The number of rotatable bonds is 14. The maximum Gasteiger partial charge on any atom is 0.166 e. The number of unbranched alkanes of at least 4 members (excludes halogenated alkanes) is 5. The van der Waals surface area contributed by atoms with Crippen LogP contribution in [0.1, 0.15) is 63.5 Å². The van der Waals surface area contributed by atoms with E-state index in [0.717, 1.165) is 35.7 Å². The Bertz CT molecular complexity index is 634. The Hall–Kier alpha value is -1.71. The first-order chi connectivity index (χ1) is 13.3. The van der Waals surface area contributed by atoms with Gasteiger partial charge in [0.05, 0.1) is 6.61 Å². The number of halogens is 1. The molecule has 2 aromatic rings. The van der Waals surface area contributed by atoms with E-state index < -0.39 is 0 Å². The molecule has 0 aromatic heterocycles. The molecule has 0 aliphatic heterocycles. The van der Waals surface area contributed by atoms with Gasteiger partial charge in [-0.15, -0.1) is 12.4 Å². The van der Waals surface area contributed by atoms with Crippen molar-refractivity contribution < 1.29 is 9.47 Å². The van der Waals surface area contributed by atoms with Gasteiger partial charge in [0.25, 0.3) is 0 Å². The summed E-state index contributed by atoms with van der Waals surface area (Å²) in [6.07, 6.45) is 7.92. The van der Waals surface area contributed by atoms with Crippen molar-refractivity contribution in [3.8, 4) is 11.5 Å². The van der Waals surface area contributed by atoms with Crippen molar-refractivity contribution in [2.24, 2.45) is 0 Å². The zero-order chi connectivity index (χ0) is 19.2. The fourth-order valence-corrected chi connectivity index (χ4v) is 3.12. The normalized spacial score (nSPS) is 10.4. The summed E-state index contributed by atoms with van der Waals surface area (Å²) in [5.41, 5.74) is 2.32. The van der Waals surface area contributed by atoms with Gasteiger partial charge in [-0.05, 0) is 31.5 Å². The lowest BCUT2D eigenvalue weighted by atomic mass is 10.1. The lowest BCUT2D eigenvalue weighted by molar-refractivity contribution is 0.266. The van der Waals surface area contributed by atoms with E-state index in [1.807, 2.05) is 37.3 Å².